The van der Waals surface area contributed by atoms with Crippen molar-refractivity contribution in [2.24, 2.45) is 10.9 Å². The zero-order chi connectivity index (χ0) is 26.3. The predicted molar refractivity (Wildman–Crippen MR) is 152 cm³/mol. The molecule has 0 radical (unpaired) electrons. The molecule has 0 spiro atoms. The molecule has 39 heavy (non-hydrogen) atoms. The fraction of sp³-hybridized carbons (Fsp3) is 0.345. The zero-order valence-electron chi connectivity index (χ0n) is 21.9. The van der Waals surface area contributed by atoms with Gasteiger partial charge < -0.3 is 20.1 Å². The van der Waals surface area contributed by atoms with Gasteiger partial charge in [0.15, 0.2) is 5.82 Å². The molecule has 1 aliphatic carbocycles. The summed E-state index contributed by atoms with van der Waals surface area (Å²) in [5, 5.41) is 6.40. The van der Waals surface area contributed by atoms with E-state index in [0.717, 1.165) is 95.2 Å². The fourth-order valence-corrected chi connectivity index (χ4v) is 5.31. The highest BCUT2D eigenvalue weighted by Gasteiger charge is 2.29. The number of carbonyl (C=O) groups is 1. The number of aromatic amines is 1. The molecule has 0 bridgehead atoms. The van der Waals surface area contributed by atoms with Crippen LogP contribution < -0.4 is 15.5 Å². The van der Waals surface area contributed by atoms with Gasteiger partial charge in [0.1, 0.15) is 11.2 Å². The summed E-state index contributed by atoms with van der Waals surface area (Å²) in [4.78, 5) is 39.4. The van der Waals surface area contributed by atoms with E-state index in [1.54, 1.807) is 6.20 Å². The number of pyridine rings is 2. The van der Waals surface area contributed by atoms with Gasteiger partial charge in [-0.05, 0) is 43.1 Å². The normalized spacial score (nSPS) is 18.0. The summed E-state index contributed by atoms with van der Waals surface area (Å²) in [6, 6.07) is 8.36. The number of hydrogen-bond acceptors (Lipinski definition) is 8. The van der Waals surface area contributed by atoms with Crippen molar-refractivity contribution >= 4 is 34.0 Å². The molecule has 1 saturated heterocycles. The maximum absolute atomic E-state index is 12.3. The molecule has 10 heteroatoms. The topological polar surface area (TPSA) is 114 Å². The third kappa shape index (κ3) is 4.77. The number of fused-ring (bicyclic) bond motifs is 2. The third-order valence-electron chi connectivity index (χ3n) is 7.76. The molecule has 2 fully saturated rings. The van der Waals surface area contributed by atoms with Crippen molar-refractivity contribution in [2.45, 2.75) is 19.4 Å². The molecule has 4 aromatic rings. The van der Waals surface area contributed by atoms with Crippen LogP contribution in [0, 0.1) is 5.92 Å². The summed E-state index contributed by atoms with van der Waals surface area (Å²) in [7, 11) is 2.16. The largest absolute Gasteiger partial charge is 0.366 e. The number of aromatic nitrogens is 4. The van der Waals surface area contributed by atoms with Crippen molar-refractivity contribution in [1.29, 1.82) is 0 Å². The number of benzene rings is 1. The lowest BCUT2D eigenvalue weighted by atomic mass is 9.96. The minimum atomic E-state index is 0.0756. The smallest absolute Gasteiger partial charge is 0.227 e. The first-order valence-electron chi connectivity index (χ1n) is 13.5. The SMILES string of the molecule is CN1CCN(c2cncc3[nH]c(C4=NCNCc5ccc(-c6cncc(NC(=O)C7CC7)c6)cc54)nc23)CC1. The fourth-order valence-electron chi connectivity index (χ4n) is 5.31. The van der Waals surface area contributed by atoms with Gasteiger partial charge in [0.25, 0.3) is 0 Å². The van der Waals surface area contributed by atoms with Gasteiger partial charge in [-0.15, -0.1) is 0 Å². The number of carbonyl (C=O) groups excluding carboxylic acids is 1. The van der Waals surface area contributed by atoms with E-state index in [0.29, 0.717) is 13.2 Å². The van der Waals surface area contributed by atoms with Crippen LogP contribution in [0.25, 0.3) is 22.2 Å². The zero-order valence-corrected chi connectivity index (χ0v) is 21.9. The highest BCUT2D eigenvalue weighted by molar-refractivity contribution is 6.13. The first-order valence-corrected chi connectivity index (χ1v) is 13.5. The number of aliphatic imine (C=N–C) groups is 1. The monoisotopic (exact) mass is 521 g/mol. The minimum absolute atomic E-state index is 0.0756. The van der Waals surface area contributed by atoms with Crippen LogP contribution in [0.2, 0.25) is 0 Å². The Morgan fingerprint density at radius 1 is 1.00 bits per heavy atom. The van der Waals surface area contributed by atoms with Crippen LogP contribution >= 0.6 is 0 Å². The number of hydrogen-bond donors (Lipinski definition) is 3. The maximum atomic E-state index is 12.3. The van der Waals surface area contributed by atoms with E-state index in [9.17, 15) is 4.79 Å². The molecule has 1 saturated carbocycles. The quantitative estimate of drug-likeness (QED) is 0.370. The van der Waals surface area contributed by atoms with Crippen molar-refractivity contribution in [3.63, 3.8) is 0 Å². The Bertz CT molecular complexity index is 1580. The number of likely N-dealkylation sites (N-methyl/N-ethyl adjacent to an activating group) is 1. The second kappa shape index (κ2) is 9.87. The minimum Gasteiger partial charge on any atom is -0.366 e. The number of rotatable bonds is 5. The van der Waals surface area contributed by atoms with Gasteiger partial charge in [0, 0.05) is 56.0 Å². The Morgan fingerprint density at radius 3 is 2.69 bits per heavy atom. The van der Waals surface area contributed by atoms with Gasteiger partial charge in [-0.2, -0.15) is 0 Å². The molecular formula is C29H31N9O. The molecule has 3 aromatic heterocycles. The Balaban J connectivity index is 1.24. The number of imidazole rings is 1. The van der Waals surface area contributed by atoms with Crippen LogP contribution in [0.15, 0.2) is 54.0 Å². The van der Waals surface area contributed by atoms with Crippen molar-refractivity contribution in [1.82, 2.24) is 30.2 Å². The van der Waals surface area contributed by atoms with E-state index in [1.807, 2.05) is 24.7 Å². The van der Waals surface area contributed by atoms with Gasteiger partial charge in [-0.1, -0.05) is 12.1 Å². The molecule has 2 aliphatic heterocycles. The summed E-state index contributed by atoms with van der Waals surface area (Å²) in [5.74, 6) is 0.953. The standard InChI is InChI=1S/C29H31N9O/c1-37-6-8-38(9-7-37)25-16-31-15-24-27(25)36-28(35-24)26-23-11-19(4-5-20(23)12-32-17-33-26)21-10-22(14-30-13-21)34-29(39)18-2-3-18/h4-5,10-11,13-16,18,32H,2-3,6-9,12,17H2,1H3,(H,34,39)(H,35,36). The third-order valence-corrected chi connectivity index (χ3v) is 7.76. The van der Waals surface area contributed by atoms with Gasteiger partial charge in [-0.3, -0.25) is 25.1 Å². The van der Waals surface area contributed by atoms with Gasteiger partial charge in [0.05, 0.1) is 42.2 Å². The molecular weight excluding hydrogens is 490 g/mol. The van der Waals surface area contributed by atoms with Gasteiger partial charge in [0.2, 0.25) is 5.91 Å². The second-order valence-electron chi connectivity index (χ2n) is 10.6. The molecule has 1 aromatic carbocycles. The molecule has 5 heterocycles. The van der Waals surface area contributed by atoms with Crippen molar-refractivity contribution < 1.29 is 4.79 Å². The Morgan fingerprint density at radius 2 is 1.85 bits per heavy atom. The van der Waals surface area contributed by atoms with Crippen molar-refractivity contribution in [2.75, 3.05) is 50.1 Å². The summed E-state index contributed by atoms with van der Waals surface area (Å²) in [5.41, 5.74) is 8.55. The first-order chi connectivity index (χ1) is 19.1. The van der Waals surface area contributed by atoms with Crippen LogP contribution in [-0.4, -0.2) is 76.4 Å². The summed E-state index contributed by atoms with van der Waals surface area (Å²) in [6.45, 7) is 5.15. The lowest BCUT2D eigenvalue weighted by Crippen LogP contribution is -2.44. The summed E-state index contributed by atoms with van der Waals surface area (Å²) in [6.07, 6.45) is 9.22. The van der Waals surface area contributed by atoms with E-state index in [2.05, 4.69) is 60.6 Å². The highest BCUT2D eigenvalue weighted by Crippen LogP contribution is 2.32. The lowest BCUT2D eigenvalue weighted by molar-refractivity contribution is -0.117. The molecule has 10 nitrogen and oxygen atoms in total. The molecule has 0 atom stereocenters. The van der Waals surface area contributed by atoms with Crippen LogP contribution in [0.4, 0.5) is 11.4 Å². The molecule has 3 aliphatic rings. The van der Waals surface area contributed by atoms with Crippen LogP contribution in [0.5, 0.6) is 0 Å². The Hall–Kier alpha value is -4.15. The summed E-state index contributed by atoms with van der Waals surface area (Å²) < 4.78 is 0. The van der Waals surface area contributed by atoms with E-state index >= 15 is 0 Å². The van der Waals surface area contributed by atoms with Gasteiger partial charge >= 0.3 is 0 Å². The maximum Gasteiger partial charge on any atom is 0.227 e. The molecule has 0 unspecified atom stereocenters. The van der Waals surface area contributed by atoms with E-state index in [4.69, 9.17) is 9.98 Å². The molecule has 1 amide bonds. The number of amides is 1. The Kier molecular flexibility index (Phi) is 6.05. The van der Waals surface area contributed by atoms with Crippen molar-refractivity contribution in [3.05, 3.63) is 66.0 Å². The van der Waals surface area contributed by atoms with Crippen molar-refractivity contribution in [3.8, 4) is 11.1 Å². The first kappa shape index (κ1) is 23.9. The summed E-state index contributed by atoms with van der Waals surface area (Å²) >= 11 is 0. The van der Waals surface area contributed by atoms with Crippen LogP contribution in [0.1, 0.15) is 29.8 Å². The second-order valence-corrected chi connectivity index (χ2v) is 10.6. The van der Waals surface area contributed by atoms with Crippen LogP contribution in [0.3, 0.4) is 0 Å². The number of anilines is 2. The number of H-pyrrole nitrogens is 1. The average Bonchev–Trinajstić information content (AvgIpc) is 3.76. The molecule has 3 N–H and O–H groups in total. The number of nitrogens with one attached hydrogen (secondary N) is 3. The number of nitrogens with zero attached hydrogens (tertiary/aromatic N) is 6. The lowest BCUT2D eigenvalue weighted by Gasteiger charge is -2.33. The van der Waals surface area contributed by atoms with Crippen LogP contribution in [-0.2, 0) is 11.3 Å². The van der Waals surface area contributed by atoms with E-state index < -0.39 is 0 Å². The molecule has 198 valence electrons. The predicted octanol–water partition coefficient (Wildman–Crippen LogP) is 3.02. The van der Waals surface area contributed by atoms with Gasteiger partial charge in [-0.25, -0.2) is 4.98 Å². The van der Waals surface area contributed by atoms with E-state index in [1.165, 1.54) is 0 Å². The average molecular weight is 522 g/mol. The number of piperazine rings is 1. The molecule has 7 rings (SSSR count). The van der Waals surface area contributed by atoms with E-state index in [-0.39, 0.29) is 11.8 Å². The Labute approximate surface area is 226 Å². The highest BCUT2D eigenvalue weighted by atomic mass is 16.2.